The van der Waals surface area contributed by atoms with E-state index in [1.165, 1.54) is 24.0 Å². The van der Waals surface area contributed by atoms with Crippen LogP contribution in [0.5, 0.6) is 5.75 Å². The third kappa shape index (κ3) is 1.41. The van der Waals surface area contributed by atoms with E-state index in [0.29, 0.717) is 0 Å². The van der Waals surface area contributed by atoms with Crippen molar-refractivity contribution < 1.29 is 4.74 Å². The fraction of sp³-hybridized carbons (Fsp3) is 0.545. The van der Waals surface area contributed by atoms with Crippen molar-refractivity contribution in [2.75, 3.05) is 6.61 Å². The van der Waals surface area contributed by atoms with Gasteiger partial charge in [-0.2, -0.15) is 0 Å². The number of ether oxygens (including phenoxy) is 1. The van der Waals surface area contributed by atoms with E-state index in [4.69, 9.17) is 4.74 Å². The zero-order chi connectivity index (χ0) is 9.26. The average Bonchev–Trinajstić information content (AvgIpc) is 2.58. The molecule has 0 atom stereocenters. The summed E-state index contributed by atoms with van der Waals surface area (Å²) in [5.41, 5.74) is 3.81. The molecule has 0 N–H and O–H groups in total. The van der Waals surface area contributed by atoms with Crippen molar-refractivity contribution in [1.29, 1.82) is 0 Å². The lowest BCUT2D eigenvalue weighted by molar-refractivity contribution is 0.333. The first-order chi connectivity index (χ1) is 6.33. The minimum atomic E-state index is 0.735. The molecule has 1 aliphatic carbocycles. The van der Waals surface area contributed by atoms with Crippen LogP contribution in [0.3, 0.4) is 0 Å². The standard InChI is InChI=1S/C11H15NO/c1-3-13-11-8(2)12-7-9-5-4-6-10(9)11/h7H,3-6H2,1-2H3. The van der Waals surface area contributed by atoms with E-state index in [1.54, 1.807) is 0 Å². The highest BCUT2D eigenvalue weighted by Crippen LogP contribution is 2.31. The minimum absolute atomic E-state index is 0.735. The molecule has 0 unspecified atom stereocenters. The summed E-state index contributed by atoms with van der Waals surface area (Å²) in [6.45, 7) is 4.77. The number of rotatable bonds is 2. The van der Waals surface area contributed by atoms with Crippen molar-refractivity contribution in [1.82, 2.24) is 4.98 Å². The van der Waals surface area contributed by atoms with Crippen LogP contribution in [-0.4, -0.2) is 11.6 Å². The van der Waals surface area contributed by atoms with Gasteiger partial charge in [0, 0.05) is 11.8 Å². The maximum atomic E-state index is 5.62. The first-order valence-electron chi connectivity index (χ1n) is 4.93. The van der Waals surface area contributed by atoms with Crippen LogP contribution in [-0.2, 0) is 12.8 Å². The van der Waals surface area contributed by atoms with Crippen molar-refractivity contribution in [2.45, 2.75) is 33.1 Å². The molecule has 2 rings (SSSR count). The monoisotopic (exact) mass is 177 g/mol. The second-order valence-corrected chi connectivity index (χ2v) is 3.46. The Labute approximate surface area is 78.9 Å². The maximum absolute atomic E-state index is 5.62. The highest BCUT2D eigenvalue weighted by atomic mass is 16.5. The topological polar surface area (TPSA) is 22.1 Å². The summed E-state index contributed by atoms with van der Waals surface area (Å²) in [4.78, 5) is 4.34. The van der Waals surface area contributed by atoms with Gasteiger partial charge in [-0.15, -0.1) is 0 Å². The second kappa shape index (κ2) is 3.36. The zero-order valence-corrected chi connectivity index (χ0v) is 8.26. The Hall–Kier alpha value is -1.05. The molecule has 70 valence electrons. The van der Waals surface area contributed by atoms with Crippen LogP contribution < -0.4 is 4.74 Å². The lowest BCUT2D eigenvalue weighted by Crippen LogP contribution is -2.00. The summed E-state index contributed by atoms with van der Waals surface area (Å²) in [5.74, 6) is 1.04. The number of nitrogens with zero attached hydrogens (tertiary/aromatic N) is 1. The van der Waals surface area contributed by atoms with E-state index in [2.05, 4.69) is 4.98 Å². The third-order valence-corrected chi connectivity index (χ3v) is 2.57. The van der Waals surface area contributed by atoms with E-state index in [9.17, 15) is 0 Å². The molecule has 1 aromatic heterocycles. The Kier molecular flexibility index (Phi) is 2.21. The Morgan fingerprint density at radius 2 is 2.31 bits per heavy atom. The number of pyridine rings is 1. The van der Waals surface area contributed by atoms with Crippen LogP contribution in [0, 0.1) is 6.92 Å². The van der Waals surface area contributed by atoms with E-state index < -0.39 is 0 Å². The van der Waals surface area contributed by atoms with Gasteiger partial charge in [0.2, 0.25) is 0 Å². The molecule has 0 fully saturated rings. The van der Waals surface area contributed by atoms with Gasteiger partial charge in [0.1, 0.15) is 5.75 Å². The minimum Gasteiger partial charge on any atom is -0.492 e. The molecule has 0 bridgehead atoms. The molecule has 0 amide bonds. The van der Waals surface area contributed by atoms with E-state index in [0.717, 1.165) is 24.5 Å². The van der Waals surface area contributed by atoms with Crippen molar-refractivity contribution in [2.24, 2.45) is 0 Å². The summed E-state index contributed by atoms with van der Waals surface area (Å²) >= 11 is 0. The molecule has 1 heterocycles. The van der Waals surface area contributed by atoms with Crippen LogP contribution in [0.2, 0.25) is 0 Å². The second-order valence-electron chi connectivity index (χ2n) is 3.46. The number of hydrogen-bond acceptors (Lipinski definition) is 2. The van der Waals surface area contributed by atoms with Crippen molar-refractivity contribution in [3.05, 3.63) is 23.0 Å². The summed E-state index contributed by atoms with van der Waals surface area (Å²) in [6.07, 6.45) is 5.58. The Bertz CT molecular complexity index is 320. The molecule has 13 heavy (non-hydrogen) atoms. The molecule has 0 saturated heterocycles. The number of hydrogen-bond donors (Lipinski definition) is 0. The van der Waals surface area contributed by atoms with Gasteiger partial charge in [0.05, 0.1) is 12.3 Å². The summed E-state index contributed by atoms with van der Waals surface area (Å²) in [7, 11) is 0. The number of aromatic nitrogens is 1. The SMILES string of the molecule is CCOc1c(C)ncc2c1CCC2. The Morgan fingerprint density at radius 3 is 3.08 bits per heavy atom. The molecule has 0 spiro atoms. The Balaban J connectivity index is 2.45. The van der Waals surface area contributed by atoms with Crippen LogP contribution in [0.1, 0.15) is 30.2 Å². The smallest absolute Gasteiger partial charge is 0.143 e. The van der Waals surface area contributed by atoms with Gasteiger partial charge in [0.25, 0.3) is 0 Å². The maximum Gasteiger partial charge on any atom is 0.143 e. The molecule has 2 nitrogen and oxygen atoms in total. The van der Waals surface area contributed by atoms with Crippen LogP contribution in [0.4, 0.5) is 0 Å². The van der Waals surface area contributed by atoms with Crippen molar-refractivity contribution in [3.63, 3.8) is 0 Å². The largest absolute Gasteiger partial charge is 0.492 e. The number of fused-ring (bicyclic) bond motifs is 1. The molecule has 2 heteroatoms. The predicted molar refractivity (Wildman–Crippen MR) is 52.2 cm³/mol. The normalized spacial score (nSPS) is 14.3. The van der Waals surface area contributed by atoms with Gasteiger partial charge in [-0.05, 0) is 38.7 Å². The summed E-state index contributed by atoms with van der Waals surface area (Å²) in [6, 6.07) is 0. The highest BCUT2D eigenvalue weighted by molar-refractivity contribution is 5.44. The lowest BCUT2D eigenvalue weighted by Gasteiger charge is -2.10. The predicted octanol–water partition coefficient (Wildman–Crippen LogP) is 2.28. The first kappa shape index (κ1) is 8.54. The first-order valence-corrected chi connectivity index (χ1v) is 4.93. The zero-order valence-electron chi connectivity index (χ0n) is 8.26. The molecule has 0 saturated carbocycles. The molecule has 0 aliphatic heterocycles. The Morgan fingerprint density at radius 1 is 1.46 bits per heavy atom. The number of aryl methyl sites for hydroxylation is 2. The molecule has 1 aromatic rings. The van der Waals surface area contributed by atoms with Gasteiger partial charge in [-0.3, -0.25) is 4.98 Å². The molecular formula is C11H15NO. The van der Waals surface area contributed by atoms with Gasteiger partial charge in [0.15, 0.2) is 0 Å². The molecule has 0 aromatic carbocycles. The third-order valence-electron chi connectivity index (χ3n) is 2.57. The quantitative estimate of drug-likeness (QED) is 0.691. The van der Waals surface area contributed by atoms with Crippen molar-refractivity contribution in [3.8, 4) is 5.75 Å². The van der Waals surface area contributed by atoms with Crippen LogP contribution in [0.15, 0.2) is 6.20 Å². The summed E-state index contributed by atoms with van der Waals surface area (Å²) in [5, 5.41) is 0. The molecule has 0 radical (unpaired) electrons. The summed E-state index contributed by atoms with van der Waals surface area (Å²) < 4.78 is 5.62. The van der Waals surface area contributed by atoms with E-state index in [-0.39, 0.29) is 0 Å². The fourth-order valence-corrected chi connectivity index (χ4v) is 1.96. The van der Waals surface area contributed by atoms with Gasteiger partial charge in [-0.25, -0.2) is 0 Å². The van der Waals surface area contributed by atoms with Crippen LogP contribution in [0.25, 0.3) is 0 Å². The average molecular weight is 177 g/mol. The lowest BCUT2D eigenvalue weighted by atomic mass is 10.1. The fourth-order valence-electron chi connectivity index (χ4n) is 1.96. The molecule has 1 aliphatic rings. The van der Waals surface area contributed by atoms with Gasteiger partial charge < -0.3 is 4.74 Å². The van der Waals surface area contributed by atoms with Gasteiger partial charge in [-0.1, -0.05) is 0 Å². The van der Waals surface area contributed by atoms with E-state index >= 15 is 0 Å². The van der Waals surface area contributed by atoms with Crippen molar-refractivity contribution >= 4 is 0 Å². The van der Waals surface area contributed by atoms with Gasteiger partial charge >= 0.3 is 0 Å². The van der Waals surface area contributed by atoms with E-state index in [1.807, 2.05) is 20.0 Å². The highest BCUT2D eigenvalue weighted by Gasteiger charge is 2.17. The van der Waals surface area contributed by atoms with Crippen LogP contribution >= 0.6 is 0 Å². The molecular weight excluding hydrogens is 162 g/mol.